The number of para-hydroxylation sites is 1. The highest BCUT2D eigenvalue weighted by Gasteiger charge is 2.44. The van der Waals surface area contributed by atoms with Crippen molar-refractivity contribution in [3.63, 3.8) is 0 Å². The molecule has 1 unspecified atom stereocenters. The highest BCUT2D eigenvalue weighted by Crippen LogP contribution is 2.38. The third-order valence-corrected chi connectivity index (χ3v) is 5.26. The molecule has 0 radical (unpaired) electrons. The van der Waals surface area contributed by atoms with Gasteiger partial charge in [0, 0.05) is 12.6 Å². The van der Waals surface area contributed by atoms with Crippen molar-refractivity contribution < 1.29 is 23.5 Å². The number of furan rings is 1. The minimum Gasteiger partial charge on any atom is -0.496 e. The van der Waals surface area contributed by atoms with Gasteiger partial charge in [0.1, 0.15) is 18.1 Å². The van der Waals surface area contributed by atoms with E-state index in [0.717, 1.165) is 0 Å². The zero-order valence-electron chi connectivity index (χ0n) is 16.7. The maximum atomic E-state index is 13.2. The monoisotopic (exact) mass is 410 g/mol. The molecule has 2 aliphatic heterocycles. The van der Waals surface area contributed by atoms with Gasteiger partial charge in [0.05, 0.1) is 43.8 Å². The lowest BCUT2D eigenvalue weighted by Crippen LogP contribution is -2.45. The second-order valence-corrected chi connectivity index (χ2v) is 7.06. The van der Waals surface area contributed by atoms with Crippen molar-refractivity contribution in [3.05, 3.63) is 65.3 Å². The summed E-state index contributed by atoms with van der Waals surface area (Å²) in [6, 6.07) is 9.76. The molecule has 0 spiro atoms. The SMILES string of the molecule is COc1ccccc1C1NC(=O)N(C)C2=C1C(=O)N(CC(=O)NCc1ccco1)C2. The highest BCUT2D eigenvalue weighted by atomic mass is 16.5. The van der Waals surface area contributed by atoms with Gasteiger partial charge in [0.25, 0.3) is 5.91 Å². The Labute approximate surface area is 173 Å². The number of ether oxygens (including phenoxy) is 1. The first-order valence-corrected chi connectivity index (χ1v) is 9.48. The molecule has 3 heterocycles. The molecule has 0 aliphatic carbocycles. The molecule has 2 aromatic rings. The number of benzene rings is 1. The van der Waals surface area contributed by atoms with Gasteiger partial charge in [0.15, 0.2) is 0 Å². The van der Waals surface area contributed by atoms with E-state index in [9.17, 15) is 14.4 Å². The number of methoxy groups -OCH3 is 1. The summed E-state index contributed by atoms with van der Waals surface area (Å²) in [4.78, 5) is 40.9. The summed E-state index contributed by atoms with van der Waals surface area (Å²) in [5.74, 6) is 0.595. The van der Waals surface area contributed by atoms with Crippen molar-refractivity contribution >= 4 is 17.8 Å². The minimum atomic E-state index is -0.650. The van der Waals surface area contributed by atoms with E-state index in [2.05, 4.69) is 10.6 Å². The van der Waals surface area contributed by atoms with Crippen molar-refractivity contribution in [1.82, 2.24) is 20.4 Å². The Morgan fingerprint density at radius 3 is 2.80 bits per heavy atom. The average molecular weight is 410 g/mol. The Morgan fingerprint density at radius 2 is 2.07 bits per heavy atom. The lowest BCUT2D eigenvalue weighted by atomic mass is 9.95. The van der Waals surface area contributed by atoms with Crippen LogP contribution in [0, 0.1) is 0 Å². The summed E-state index contributed by atoms with van der Waals surface area (Å²) >= 11 is 0. The molecular weight excluding hydrogens is 388 g/mol. The zero-order chi connectivity index (χ0) is 21.3. The Balaban J connectivity index is 1.54. The van der Waals surface area contributed by atoms with Gasteiger partial charge in [-0.15, -0.1) is 0 Å². The molecule has 0 saturated carbocycles. The predicted molar refractivity (Wildman–Crippen MR) is 106 cm³/mol. The van der Waals surface area contributed by atoms with Crippen LogP contribution in [0.4, 0.5) is 4.79 Å². The first kappa shape index (κ1) is 19.6. The van der Waals surface area contributed by atoms with Crippen LogP contribution in [-0.4, -0.2) is 54.9 Å². The van der Waals surface area contributed by atoms with E-state index in [1.54, 1.807) is 25.2 Å². The molecule has 1 atom stereocenters. The van der Waals surface area contributed by atoms with Crippen LogP contribution in [0.15, 0.2) is 58.3 Å². The normalized spacial score (nSPS) is 18.4. The van der Waals surface area contributed by atoms with Crippen molar-refractivity contribution in [2.75, 3.05) is 27.2 Å². The molecule has 2 N–H and O–H groups in total. The highest BCUT2D eigenvalue weighted by molar-refractivity contribution is 6.03. The third-order valence-electron chi connectivity index (χ3n) is 5.26. The van der Waals surface area contributed by atoms with Crippen molar-refractivity contribution in [3.8, 4) is 5.75 Å². The van der Waals surface area contributed by atoms with Crippen molar-refractivity contribution in [2.24, 2.45) is 0 Å². The van der Waals surface area contributed by atoms with Gasteiger partial charge in [0.2, 0.25) is 5.91 Å². The molecule has 1 aromatic heterocycles. The number of carbonyl (C=O) groups is 3. The van der Waals surface area contributed by atoms with Crippen molar-refractivity contribution in [1.29, 1.82) is 0 Å². The van der Waals surface area contributed by atoms with Crippen molar-refractivity contribution in [2.45, 2.75) is 12.6 Å². The number of urea groups is 1. The Kier molecular flexibility index (Phi) is 5.18. The minimum absolute atomic E-state index is 0.118. The Morgan fingerprint density at radius 1 is 1.27 bits per heavy atom. The molecule has 1 aromatic carbocycles. The molecule has 4 amide bonds. The topological polar surface area (TPSA) is 104 Å². The lowest BCUT2D eigenvalue weighted by molar-refractivity contribution is -0.132. The summed E-state index contributed by atoms with van der Waals surface area (Å²) in [5, 5.41) is 5.60. The van der Waals surface area contributed by atoms with Gasteiger partial charge in [-0.05, 0) is 18.2 Å². The summed E-state index contributed by atoms with van der Waals surface area (Å²) < 4.78 is 10.6. The molecule has 4 rings (SSSR count). The Bertz CT molecular complexity index is 1010. The van der Waals surface area contributed by atoms with E-state index in [1.165, 1.54) is 23.2 Å². The molecule has 9 nitrogen and oxygen atoms in total. The first-order chi connectivity index (χ1) is 14.5. The maximum absolute atomic E-state index is 13.2. The fraction of sp³-hybridized carbons (Fsp3) is 0.286. The zero-order valence-corrected chi connectivity index (χ0v) is 16.7. The number of nitrogens with one attached hydrogen (secondary N) is 2. The summed E-state index contributed by atoms with van der Waals surface area (Å²) in [5.41, 5.74) is 1.71. The standard InChI is InChI=1S/C21H22N4O5/c1-24-15-11-25(12-17(26)22-10-13-6-5-9-30-13)20(27)18(15)19(23-21(24)28)14-7-3-4-8-16(14)29-2/h3-9,19H,10-12H2,1-2H3,(H,22,26)(H,23,28). The van der Waals surface area contributed by atoms with Gasteiger partial charge >= 0.3 is 6.03 Å². The van der Waals surface area contributed by atoms with E-state index >= 15 is 0 Å². The van der Waals surface area contributed by atoms with Crippen LogP contribution in [0.5, 0.6) is 5.75 Å². The first-order valence-electron chi connectivity index (χ1n) is 9.48. The number of hydrogen-bond donors (Lipinski definition) is 2. The third kappa shape index (κ3) is 3.49. The van der Waals surface area contributed by atoms with Gasteiger partial charge in [-0.25, -0.2) is 4.79 Å². The number of rotatable bonds is 6. The number of carbonyl (C=O) groups excluding carboxylic acids is 3. The summed E-state index contributed by atoms with van der Waals surface area (Å²) in [7, 11) is 3.15. The number of amides is 4. The van der Waals surface area contributed by atoms with Crippen LogP contribution >= 0.6 is 0 Å². The summed E-state index contributed by atoms with van der Waals surface area (Å²) in [6.07, 6.45) is 1.53. The second kappa shape index (κ2) is 7.94. The van der Waals surface area contributed by atoms with Gasteiger partial charge in [-0.1, -0.05) is 18.2 Å². The maximum Gasteiger partial charge on any atom is 0.322 e. The van der Waals surface area contributed by atoms with Gasteiger partial charge in [-0.2, -0.15) is 0 Å². The van der Waals surface area contributed by atoms with E-state index in [0.29, 0.717) is 28.3 Å². The fourth-order valence-corrected chi connectivity index (χ4v) is 3.72. The van der Waals surface area contributed by atoms with E-state index in [4.69, 9.17) is 9.15 Å². The van der Waals surface area contributed by atoms with Crippen LogP contribution in [0.2, 0.25) is 0 Å². The molecule has 156 valence electrons. The van der Waals surface area contributed by atoms with E-state index in [1.807, 2.05) is 18.2 Å². The number of likely N-dealkylation sites (N-methyl/N-ethyl adjacent to an activating group) is 1. The number of nitrogens with zero attached hydrogens (tertiary/aromatic N) is 2. The van der Waals surface area contributed by atoms with Crippen LogP contribution in [0.3, 0.4) is 0 Å². The average Bonchev–Trinajstić information content (AvgIpc) is 3.38. The van der Waals surface area contributed by atoms with Crippen LogP contribution in [0.25, 0.3) is 0 Å². The van der Waals surface area contributed by atoms with Crippen LogP contribution in [0.1, 0.15) is 17.4 Å². The van der Waals surface area contributed by atoms with Gasteiger partial charge < -0.3 is 24.7 Å². The van der Waals surface area contributed by atoms with E-state index < -0.39 is 6.04 Å². The summed E-state index contributed by atoms with van der Waals surface area (Å²) in [6.45, 7) is 0.302. The van der Waals surface area contributed by atoms with Gasteiger partial charge in [-0.3, -0.25) is 14.5 Å². The fourth-order valence-electron chi connectivity index (χ4n) is 3.72. The molecule has 9 heteroatoms. The van der Waals surface area contributed by atoms with E-state index in [-0.39, 0.29) is 37.5 Å². The molecule has 2 aliphatic rings. The largest absolute Gasteiger partial charge is 0.496 e. The quantitative estimate of drug-likeness (QED) is 0.749. The Hall–Kier alpha value is -3.75. The van der Waals surface area contributed by atoms with Crippen LogP contribution < -0.4 is 15.4 Å². The molecule has 0 saturated heterocycles. The number of hydrogen-bond acceptors (Lipinski definition) is 5. The molecule has 0 bridgehead atoms. The predicted octanol–water partition coefficient (Wildman–Crippen LogP) is 1.40. The lowest BCUT2D eigenvalue weighted by Gasteiger charge is -2.31. The second-order valence-electron chi connectivity index (χ2n) is 7.06. The molecular formula is C21H22N4O5. The smallest absolute Gasteiger partial charge is 0.322 e. The van der Waals surface area contributed by atoms with Crippen LogP contribution in [-0.2, 0) is 16.1 Å². The molecule has 0 fully saturated rings. The molecule has 30 heavy (non-hydrogen) atoms.